The summed E-state index contributed by atoms with van der Waals surface area (Å²) in [5, 5.41) is 5.14. The zero-order valence-corrected chi connectivity index (χ0v) is 15.8. The highest BCUT2D eigenvalue weighted by atomic mass is 32.1. The van der Waals surface area contributed by atoms with Crippen molar-refractivity contribution >= 4 is 28.3 Å². The monoisotopic (exact) mass is 387 g/mol. The predicted molar refractivity (Wildman–Crippen MR) is 102 cm³/mol. The lowest BCUT2D eigenvalue weighted by Crippen LogP contribution is -2.45. The smallest absolute Gasteiger partial charge is 0.255 e. The van der Waals surface area contributed by atoms with E-state index in [2.05, 4.69) is 10.3 Å². The molecule has 1 unspecified atom stereocenters. The molecule has 1 saturated carbocycles. The minimum Gasteiger partial charge on any atom is -0.322 e. The second-order valence-electron chi connectivity index (χ2n) is 7.28. The number of carbonyl (C=O) groups is 2. The largest absolute Gasteiger partial charge is 0.322 e. The van der Waals surface area contributed by atoms with Gasteiger partial charge in [0, 0.05) is 22.7 Å². The van der Waals surface area contributed by atoms with E-state index in [9.17, 15) is 14.0 Å². The first-order valence-corrected chi connectivity index (χ1v) is 10.3. The van der Waals surface area contributed by atoms with Crippen molar-refractivity contribution in [2.45, 2.75) is 51.1 Å². The van der Waals surface area contributed by atoms with Gasteiger partial charge in [0.2, 0.25) is 5.91 Å². The molecule has 2 aromatic rings. The molecule has 1 atom stereocenters. The maximum atomic E-state index is 14.2. The summed E-state index contributed by atoms with van der Waals surface area (Å²) in [6, 6.07) is 3.93. The highest BCUT2D eigenvalue weighted by molar-refractivity contribution is 7.13. The van der Waals surface area contributed by atoms with E-state index >= 15 is 0 Å². The standard InChI is InChI=1S/C20H22FN3O2S/c21-16-8-4-7-14-15(16)12-24(19(14)26)17(11-13-5-2-1-3-6-13)18(25)23-20-22-9-10-27-20/h4,7-10,13,17H,1-3,5-6,11-12H2,(H,22,23,25). The normalized spacial score (nSPS) is 18.4. The molecule has 27 heavy (non-hydrogen) atoms. The van der Waals surface area contributed by atoms with Gasteiger partial charge in [0.1, 0.15) is 11.9 Å². The molecular formula is C20H22FN3O2S. The van der Waals surface area contributed by atoms with E-state index in [-0.39, 0.29) is 24.2 Å². The number of amides is 2. The second-order valence-corrected chi connectivity index (χ2v) is 8.18. The van der Waals surface area contributed by atoms with E-state index < -0.39 is 6.04 Å². The molecule has 1 aliphatic heterocycles. The van der Waals surface area contributed by atoms with Crippen molar-refractivity contribution in [3.8, 4) is 0 Å². The van der Waals surface area contributed by atoms with Crippen molar-refractivity contribution in [1.29, 1.82) is 0 Å². The number of aromatic nitrogens is 1. The van der Waals surface area contributed by atoms with Crippen molar-refractivity contribution in [1.82, 2.24) is 9.88 Å². The molecule has 1 fully saturated rings. The molecule has 5 nitrogen and oxygen atoms in total. The third-order valence-corrected chi connectivity index (χ3v) is 6.25. The first-order valence-electron chi connectivity index (χ1n) is 9.42. The van der Waals surface area contributed by atoms with Gasteiger partial charge in [-0.3, -0.25) is 9.59 Å². The summed E-state index contributed by atoms with van der Waals surface area (Å²) in [7, 11) is 0. The third-order valence-electron chi connectivity index (χ3n) is 5.56. The van der Waals surface area contributed by atoms with Crippen molar-refractivity contribution in [2.24, 2.45) is 5.92 Å². The Balaban J connectivity index is 1.58. The van der Waals surface area contributed by atoms with Gasteiger partial charge in [0.05, 0.1) is 6.54 Å². The fraction of sp³-hybridized carbons (Fsp3) is 0.450. The Kier molecular flexibility index (Phi) is 5.20. The molecule has 2 heterocycles. The number of rotatable bonds is 5. The number of hydrogen-bond donors (Lipinski definition) is 1. The molecule has 0 bridgehead atoms. The number of thiazole rings is 1. The maximum absolute atomic E-state index is 14.2. The summed E-state index contributed by atoms with van der Waals surface area (Å²) in [6.45, 7) is 0.142. The lowest BCUT2D eigenvalue weighted by Gasteiger charge is -2.31. The van der Waals surface area contributed by atoms with E-state index in [0.29, 0.717) is 28.6 Å². The zero-order chi connectivity index (χ0) is 18.8. The Morgan fingerprint density at radius 3 is 2.85 bits per heavy atom. The summed E-state index contributed by atoms with van der Waals surface area (Å²) < 4.78 is 14.2. The zero-order valence-electron chi connectivity index (χ0n) is 15.0. The van der Waals surface area contributed by atoms with Gasteiger partial charge in [-0.25, -0.2) is 9.37 Å². The lowest BCUT2D eigenvalue weighted by atomic mass is 9.84. The van der Waals surface area contributed by atoms with Crippen molar-refractivity contribution in [3.63, 3.8) is 0 Å². The molecule has 0 spiro atoms. The van der Waals surface area contributed by atoms with Gasteiger partial charge >= 0.3 is 0 Å². The van der Waals surface area contributed by atoms with Crippen LogP contribution in [-0.4, -0.2) is 27.7 Å². The van der Waals surface area contributed by atoms with Crippen molar-refractivity contribution in [3.05, 3.63) is 46.7 Å². The lowest BCUT2D eigenvalue weighted by molar-refractivity contribution is -0.121. The number of carbonyl (C=O) groups excluding carboxylic acids is 2. The predicted octanol–water partition coefficient (Wildman–Crippen LogP) is 4.22. The first-order chi connectivity index (χ1) is 13.1. The topological polar surface area (TPSA) is 62.3 Å². The minimum atomic E-state index is -0.615. The van der Waals surface area contributed by atoms with E-state index in [1.165, 1.54) is 28.7 Å². The van der Waals surface area contributed by atoms with Gasteiger partial charge in [0.15, 0.2) is 5.13 Å². The Morgan fingerprint density at radius 2 is 2.15 bits per heavy atom. The van der Waals surface area contributed by atoms with Gasteiger partial charge < -0.3 is 10.2 Å². The Bertz CT molecular complexity index is 834. The molecule has 0 radical (unpaired) electrons. The molecule has 1 aromatic heterocycles. The molecule has 1 aliphatic carbocycles. The number of nitrogens with one attached hydrogen (secondary N) is 1. The van der Waals surface area contributed by atoms with Gasteiger partial charge in [-0.15, -0.1) is 11.3 Å². The second kappa shape index (κ2) is 7.76. The molecule has 1 aromatic carbocycles. The Hall–Kier alpha value is -2.28. The van der Waals surface area contributed by atoms with Crippen LogP contribution in [0.2, 0.25) is 0 Å². The summed E-state index contributed by atoms with van der Waals surface area (Å²) in [6.07, 6.45) is 7.93. The van der Waals surface area contributed by atoms with Crippen LogP contribution in [0.1, 0.15) is 54.4 Å². The van der Waals surface area contributed by atoms with Crippen LogP contribution in [0.15, 0.2) is 29.8 Å². The number of nitrogens with zero attached hydrogens (tertiary/aromatic N) is 2. The molecule has 142 valence electrons. The van der Waals surface area contributed by atoms with Crippen LogP contribution in [-0.2, 0) is 11.3 Å². The van der Waals surface area contributed by atoms with E-state index in [4.69, 9.17) is 0 Å². The van der Waals surface area contributed by atoms with E-state index in [0.717, 1.165) is 25.7 Å². The Labute approximate surface area is 161 Å². The molecule has 2 amide bonds. The summed E-state index contributed by atoms with van der Waals surface area (Å²) in [4.78, 5) is 31.6. The van der Waals surface area contributed by atoms with Crippen LogP contribution in [0, 0.1) is 11.7 Å². The molecule has 1 N–H and O–H groups in total. The molecule has 7 heteroatoms. The highest BCUT2D eigenvalue weighted by Gasteiger charge is 2.39. The highest BCUT2D eigenvalue weighted by Crippen LogP contribution is 2.33. The number of anilines is 1. The van der Waals surface area contributed by atoms with Crippen LogP contribution in [0.5, 0.6) is 0 Å². The fourth-order valence-electron chi connectivity index (χ4n) is 4.16. The van der Waals surface area contributed by atoms with E-state index in [1.807, 2.05) is 0 Å². The summed E-state index contributed by atoms with van der Waals surface area (Å²) in [5.41, 5.74) is 0.754. The molecule has 0 saturated heterocycles. The Morgan fingerprint density at radius 1 is 1.33 bits per heavy atom. The van der Waals surface area contributed by atoms with Gasteiger partial charge in [0.25, 0.3) is 5.91 Å². The van der Waals surface area contributed by atoms with Crippen LogP contribution in [0.4, 0.5) is 9.52 Å². The first kappa shape index (κ1) is 18.1. The van der Waals surface area contributed by atoms with Crippen LogP contribution >= 0.6 is 11.3 Å². The number of benzene rings is 1. The van der Waals surface area contributed by atoms with Crippen LogP contribution in [0.3, 0.4) is 0 Å². The van der Waals surface area contributed by atoms with Crippen molar-refractivity contribution in [2.75, 3.05) is 5.32 Å². The average Bonchev–Trinajstić information content (AvgIpc) is 3.30. The average molecular weight is 387 g/mol. The quantitative estimate of drug-likeness (QED) is 0.836. The maximum Gasteiger partial charge on any atom is 0.255 e. The third kappa shape index (κ3) is 3.74. The molecule has 4 rings (SSSR count). The fourth-order valence-corrected chi connectivity index (χ4v) is 4.69. The van der Waals surface area contributed by atoms with Crippen LogP contribution < -0.4 is 5.32 Å². The number of hydrogen-bond acceptors (Lipinski definition) is 4. The van der Waals surface area contributed by atoms with Gasteiger partial charge in [-0.1, -0.05) is 38.2 Å². The summed E-state index contributed by atoms with van der Waals surface area (Å²) in [5.74, 6) is -0.482. The van der Waals surface area contributed by atoms with Gasteiger partial charge in [-0.2, -0.15) is 0 Å². The van der Waals surface area contributed by atoms with Crippen molar-refractivity contribution < 1.29 is 14.0 Å². The van der Waals surface area contributed by atoms with E-state index in [1.54, 1.807) is 23.7 Å². The van der Waals surface area contributed by atoms with Crippen LogP contribution in [0.25, 0.3) is 0 Å². The minimum absolute atomic E-state index is 0.142. The molecule has 2 aliphatic rings. The number of halogens is 1. The number of fused-ring (bicyclic) bond motifs is 1. The summed E-state index contributed by atoms with van der Waals surface area (Å²) >= 11 is 1.34. The van der Waals surface area contributed by atoms with Gasteiger partial charge in [-0.05, 0) is 24.5 Å². The molecular weight excluding hydrogens is 365 g/mol. The SMILES string of the molecule is O=C(Nc1nccs1)C(CC1CCCCC1)N1Cc2c(F)cccc2C1=O.